The third kappa shape index (κ3) is 1.23. The van der Waals surface area contributed by atoms with Crippen LogP contribution in [0.15, 0.2) is 17.6 Å². The van der Waals surface area contributed by atoms with Gasteiger partial charge in [-0.05, 0) is 19.1 Å². The normalized spacial score (nSPS) is 10.6. The number of ketones is 1. The number of Topliss-reactive ketones (excluding diaryl/α,β-unsaturated/α-hetero) is 1. The molecule has 66 valence electrons. The minimum atomic E-state index is -0.451. The zero-order valence-corrected chi connectivity index (χ0v) is 7.69. The average molecular weight is 195 g/mol. The number of nitrogens with zero attached hydrogens (tertiary/aromatic N) is 1. The van der Waals surface area contributed by atoms with E-state index in [0.717, 1.165) is 0 Å². The van der Waals surface area contributed by atoms with E-state index in [1.165, 1.54) is 24.3 Å². The Morgan fingerprint density at radius 3 is 3.00 bits per heavy atom. The van der Waals surface area contributed by atoms with E-state index in [0.29, 0.717) is 10.2 Å². The summed E-state index contributed by atoms with van der Waals surface area (Å²) >= 11 is 1.21. The molecule has 13 heavy (non-hydrogen) atoms. The molecule has 0 N–H and O–H groups in total. The summed E-state index contributed by atoms with van der Waals surface area (Å²) in [5.74, 6) is -0.708. The van der Waals surface area contributed by atoms with E-state index in [4.69, 9.17) is 0 Å². The van der Waals surface area contributed by atoms with Crippen LogP contribution in [-0.2, 0) is 0 Å². The fourth-order valence-corrected chi connectivity index (χ4v) is 1.89. The lowest BCUT2D eigenvalue weighted by Crippen LogP contribution is -1.96. The highest BCUT2D eigenvalue weighted by molar-refractivity contribution is 7.16. The van der Waals surface area contributed by atoms with Crippen LogP contribution in [0.1, 0.15) is 17.3 Å². The van der Waals surface area contributed by atoms with Crippen LogP contribution in [-0.4, -0.2) is 10.8 Å². The number of carbonyl (C=O) groups excluding carboxylic acids is 1. The van der Waals surface area contributed by atoms with Gasteiger partial charge < -0.3 is 0 Å². The maximum atomic E-state index is 13.5. The summed E-state index contributed by atoms with van der Waals surface area (Å²) in [6.07, 6.45) is 0. The van der Waals surface area contributed by atoms with Crippen LogP contribution in [0.2, 0.25) is 0 Å². The Morgan fingerprint density at radius 1 is 1.54 bits per heavy atom. The molecule has 2 nitrogen and oxygen atoms in total. The van der Waals surface area contributed by atoms with E-state index in [1.54, 1.807) is 11.6 Å². The summed E-state index contributed by atoms with van der Waals surface area (Å²) in [5, 5.41) is 0. The largest absolute Gasteiger partial charge is 0.294 e. The number of thiazole rings is 1. The highest BCUT2D eigenvalue weighted by Crippen LogP contribution is 2.24. The molecule has 1 heterocycles. The molecule has 0 atom stereocenters. The van der Waals surface area contributed by atoms with E-state index in [1.807, 2.05) is 0 Å². The van der Waals surface area contributed by atoms with Crippen molar-refractivity contribution in [2.45, 2.75) is 6.92 Å². The second-order valence-electron chi connectivity index (χ2n) is 2.68. The van der Waals surface area contributed by atoms with Crippen molar-refractivity contribution in [2.24, 2.45) is 0 Å². The quantitative estimate of drug-likeness (QED) is 0.655. The lowest BCUT2D eigenvalue weighted by Gasteiger charge is -1.97. The molecule has 2 aromatic rings. The van der Waals surface area contributed by atoms with E-state index in [9.17, 15) is 9.18 Å². The molecule has 0 spiro atoms. The van der Waals surface area contributed by atoms with Crippen LogP contribution < -0.4 is 0 Å². The smallest absolute Gasteiger partial charge is 0.162 e. The van der Waals surface area contributed by atoms with Gasteiger partial charge in [0.05, 0.1) is 21.3 Å². The van der Waals surface area contributed by atoms with Gasteiger partial charge in [0, 0.05) is 0 Å². The van der Waals surface area contributed by atoms with Crippen LogP contribution in [0.25, 0.3) is 10.2 Å². The molecule has 0 aliphatic rings. The van der Waals surface area contributed by atoms with Crippen LogP contribution in [0.5, 0.6) is 0 Å². The molecule has 0 saturated heterocycles. The number of aromatic nitrogens is 1. The molecule has 0 bridgehead atoms. The van der Waals surface area contributed by atoms with Crippen molar-refractivity contribution >= 4 is 27.3 Å². The fraction of sp³-hybridized carbons (Fsp3) is 0.111. The Kier molecular flexibility index (Phi) is 1.84. The minimum absolute atomic E-state index is 0.136. The maximum absolute atomic E-state index is 13.5. The monoisotopic (exact) mass is 195 g/mol. The van der Waals surface area contributed by atoms with Gasteiger partial charge in [0.15, 0.2) is 11.6 Å². The van der Waals surface area contributed by atoms with Gasteiger partial charge in [-0.15, -0.1) is 11.3 Å². The molecule has 2 rings (SSSR count). The van der Waals surface area contributed by atoms with Gasteiger partial charge in [-0.3, -0.25) is 4.79 Å². The third-order valence-electron chi connectivity index (χ3n) is 1.82. The molecule has 0 radical (unpaired) electrons. The number of benzene rings is 1. The Morgan fingerprint density at radius 2 is 2.31 bits per heavy atom. The van der Waals surface area contributed by atoms with Gasteiger partial charge in [-0.2, -0.15) is 0 Å². The lowest BCUT2D eigenvalue weighted by atomic mass is 10.1. The molecule has 0 aliphatic heterocycles. The maximum Gasteiger partial charge on any atom is 0.162 e. The molecular formula is C9H6FNOS. The van der Waals surface area contributed by atoms with Crippen molar-refractivity contribution in [3.05, 3.63) is 29.0 Å². The summed E-state index contributed by atoms with van der Waals surface area (Å²) in [4.78, 5) is 14.9. The number of rotatable bonds is 1. The van der Waals surface area contributed by atoms with Crippen LogP contribution in [0.4, 0.5) is 4.39 Å². The molecule has 1 aromatic heterocycles. The summed E-state index contributed by atoms with van der Waals surface area (Å²) in [7, 11) is 0. The Bertz CT molecular complexity index is 477. The molecule has 0 fully saturated rings. The van der Waals surface area contributed by atoms with Crippen molar-refractivity contribution in [3.63, 3.8) is 0 Å². The predicted molar refractivity (Wildman–Crippen MR) is 49.6 cm³/mol. The van der Waals surface area contributed by atoms with Crippen molar-refractivity contribution in [2.75, 3.05) is 0 Å². The summed E-state index contributed by atoms with van der Waals surface area (Å²) in [5.41, 5.74) is 2.31. The zero-order chi connectivity index (χ0) is 9.42. The van der Waals surface area contributed by atoms with Gasteiger partial charge in [-0.1, -0.05) is 0 Å². The Labute approximate surface area is 78.0 Å². The second-order valence-corrected chi connectivity index (χ2v) is 3.54. The minimum Gasteiger partial charge on any atom is -0.294 e. The third-order valence-corrected chi connectivity index (χ3v) is 2.65. The molecule has 0 aliphatic carbocycles. The number of hydrogen-bond acceptors (Lipinski definition) is 3. The van der Waals surface area contributed by atoms with E-state index in [-0.39, 0.29) is 11.3 Å². The van der Waals surface area contributed by atoms with Crippen LogP contribution in [0.3, 0.4) is 0 Å². The van der Waals surface area contributed by atoms with E-state index >= 15 is 0 Å². The molecule has 4 heteroatoms. The van der Waals surface area contributed by atoms with Crippen molar-refractivity contribution in [1.82, 2.24) is 4.98 Å². The number of hydrogen-bond donors (Lipinski definition) is 0. The Hall–Kier alpha value is -1.29. The Balaban J connectivity index is 2.80. The highest BCUT2D eigenvalue weighted by atomic mass is 32.1. The molecule has 0 saturated carbocycles. The first-order valence-corrected chi connectivity index (χ1v) is 4.61. The van der Waals surface area contributed by atoms with Gasteiger partial charge in [0.2, 0.25) is 0 Å². The summed E-state index contributed by atoms with van der Waals surface area (Å²) < 4.78 is 14.0. The lowest BCUT2D eigenvalue weighted by molar-refractivity contribution is 0.101. The molecule has 0 unspecified atom stereocenters. The van der Waals surface area contributed by atoms with Gasteiger partial charge in [0.25, 0.3) is 0 Å². The van der Waals surface area contributed by atoms with Gasteiger partial charge in [0.1, 0.15) is 0 Å². The average Bonchev–Trinajstić information content (AvgIpc) is 2.52. The molecule has 1 aromatic carbocycles. The van der Waals surface area contributed by atoms with E-state index in [2.05, 4.69) is 4.98 Å². The first kappa shape index (κ1) is 8.31. The highest BCUT2D eigenvalue weighted by Gasteiger charge is 2.11. The first-order chi connectivity index (χ1) is 6.20. The molecule has 0 amide bonds. The van der Waals surface area contributed by atoms with Gasteiger partial charge >= 0.3 is 0 Å². The van der Waals surface area contributed by atoms with Gasteiger partial charge in [-0.25, -0.2) is 9.37 Å². The standard InChI is InChI=1S/C9H6FNOS/c1-5(12)6-2-3-7-9(8(6)10)13-4-11-7/h2-4H,1H3. The summed E-state index contributed by atoms with van der Waals surface area (Å²) in [6, 6.07) is 3.13. The van der Waals surface area contributed by atoms with Crippen LogP contribution >= 0.6 is 11.3 Å². The number of halogens is 1. The van der Waals surface area contributed by atoms with Crippen molar-refractivity contribution in [3.8, 4) is 0 Å². The molecular weight excluding hydrogens is 189 g/mol. The number of carbonyl (C=O) groups is 1. The second kappa shape index (κ2) is 2.88. The van der Waals surface area contributed by atoms with Crippen molar-refractivity contribution in [1.29, 1.82) is 0 Å². The number of fused-ring (bicyclic) bond motifs is 1. The first-order valence-electron chi connectivity index (χ1n) is 3.73. The SMILES string of the molecule is CC(=O)c1ccc2ncsc2c1F. The van der Waals surface area contributed by atoms with Crippen LogP contribution in [0, 0.1) is 5.82 Å². The van der Waals surface area contributed by atoms with Crippen molar-refractivity contribution < 1.29 is 9.18 Å². The zero-order valence-electron chi connectivity index (χ0n) is 6.87. The topological polar surface area (TPSA) is 30.0 Å². The predicted octanol–water partition coefficient (Wildman–Crippen LogP) is 2.64. The summed E-state index contributed by atoms with van der Waals surface area (Å²) in [6.45, 7) is 1.35. The van der Waals surface area contributed by atoms with E-state index < -0.39 is 5.82 Å². The fourth-order valence-electron chi connectivity index (χ4n) is 1.17.